The minimum absolute atomic E-state index is 0.0713. The largest absolute Gasteiger partial charge is 0.394 e. The number of unbranched alkanes of at least 4 members (excludes halogenated alkanes) is 36. The van der Waals surface area contributed by atoms with Crippen molar-refractivity contribution in [1.29, 1.82) is 0 Å². The number of carbonyl (C=O) groups is 1. The molecular formula is C62H113NO3. The van der Waals surface area contributed by atoms with Crippen LogP contribution in [0.3, 0.4) is 0 Å². The molecule has 0 rings (SSSR count). The molecule has 0 aliphatic rings. The Kier molecular flexibility index (Phi) is 55.3. The molecule has 2 unspecified atom stereocenters. The first-order chi connectivity index (χ1) is 32.7. The van der Waals surface area contributed by atoms with Gasteiger partial charge in [0.25, 0.3) is 0 Å². The molecule has 66 heavy (non-hydrogen) atoms. The van der Waals surface area contributed by atoms with Crippen LogP contribution >= 0.6 is 0 Å². The first-order valence-electron chi connectivity index (χ1n) is 29.2. The second-order valence-electron chi connectivity index (χ2n) is 19.7. The van der Waals surface area contributed by atoms with Crippen molar-refractivity contribution in [1.82, 2.24) is 5.32 Å². The van der Waals surface area contributed by atoms with Crippen LogP contribution in [0.2, 0.25) is 0 Å². The fourth-order valence-corrected chi connectivity index (χ4v) is 8.78. The Balaban J connectivity index is 3.51. The first-order valence-corrected chi connectivity index (χ1v) is 29.2. The molecule has 0 fully saturated rings. The van der Waals surface area contributed by atoms with Crippen LogP contribution in [-0.2, 0) is 4.79 Å². The minimum Gasteiger partial charge on any atom is -0.394 e. The SMILES string of the molecule is CC/C=C\C/C=C\C/C=C\C/C=C\CCCCCCCCCCCCCCCCCCCCC(=O)NC(CO)C(O)/C=C/CC/C=C/CCCCCCCCCCCCCCCCCCC. The molecule has 0 radical (unpaired) electrons. The average Bonchev–Trinajstić information content (AvgIpc) is 3.32. The number of allylic oxidation sites excluding steroid dienone is 11. The lowest BCUT2D eigenvalue weighted by Crippen LogP contribution is -2.45. The van der Waals surface area contributed by atoms with Crippen LogP contribution in [0.25, 0.3) is 0 Å². The van der Waals surface area contributed by atoms with Crippen molar-refractivity contribution >= 4 is 5.91 Å². The van der Waals surface area contributed by atoms with Crippen LogP contribution in [0.15, 0.2) is 72.9 Å². The van der Waals surface area contributed by atoms with E-state index in [2.05, 4.69) is 79.9 Å². The third-order valence-electron chi connectivity index (χ3n) is 13.2. The summed E-state index contributed by atoms with van der Waals surface area (Å²) < 4.78 is 0. The smallest absolute Gasteiger partial charge is 0.220 e. The van der Waals surface area contributed by atoms with Gasteiger partial charge in [0.15, 0.2) is 0 Å². The second-order valence-corrected chi connectivity index (χ2v) is 19.7. The van der Waals surface area contributed by atoms with Gasteiger partial charge in [0.2, 0.25) is 5.91 Å². The van der Waals surface area contributed by atoms with Gasteiger partial charge in [0.1, 0.15) is 0 Å². The molecule has 0 aromatic carbocycles. The van der Waals surface area contributed by atoms with Crippen LogP contribution in [0.5, 0.6) is 0 Å². The van der Waals surface area contributed by atoms with E-state index < -0.39 is 12.1 Å². The standard InChI is InChI=1S/C62H113NO3/c1-3-5-7-9-11-13-15-17-19-21-23-25-27-28-29-30-31-32-33-34-36-38-40-42-44-46-48-50-52-54-56-58-62(66)63-60(59-64)61(65)57-55-53-51-49-47-45-43-41-39-37-35-26-24-22-20-18-16-14-12-10-8-6-4-2/h5,7,11,13,17,19,23,25,47,49,55,57,60-61,64-65H,3-4,6,8-10,12,14-16,18,20-22,24,26-46,48,50-54,56,58-59H2,1-2H3,(H,63,66)/b7-5-,13-11-,19-17-,25-23-,49-47+,57-55+. The highest BCUT2D eigenvalue weighted by Gasteiger charge is 2.18. The van der Waals surface area contributed by atoms with Crippen molar-refractivity contribution in [3.05, 3.63) is 72.9 Å². The number of hydrogen-bond donors (Lipinski definition) is 3. The molecule has 384 valence electrons. The maximum atomic E-state index is 12.5. The number of rotatable bonds is 53. The van der Waals surface area contributed by atoms with Crippen molar-refractivity contribution in [3.63, 3.8) is 0 Å². The quantitative estimate of drug-likeness (QED) is 0.0421. The summed E-state index contributed by atoms with van der Waals surface area (Å²) in [6.07, 6.45) is 82.2. The summed E-state index contributed by atoms with van der Waals surface area (Å²) >= 11 is 0. The summed E-state index contributed by atoms with van der Waals surface area (Å²) in [6.45, 7) is 4.21. The van der Waals surface area contributed by atoms with Gasteiger partial charge in [-0.3, -0.25) is 4.79 Å². The molecule has 0 heterocycles. The van der Waals surface area contributed by atoms with E-state index in [1.54, 1.807) is 6.08 Å². The number of amides is 1. The molecule has 1 amide bonds. The molecule has 0 aliphatic heterocycles. The molecule has 0 spiro atoms. The van der Waals surface area contributed by atoms with Crippen LogP contribution in [0.1, 0.15) is 296 Å². The predicted octanol–water partition coefficient (Wildman–Crippen LogP) is 19.4. The van der Waals surface area contributed by atoms with E-state index >= 15 is 0 Å². The molecule has 0 bridgehead atoms. The van der Waals surface area contributed by atoms with Crippen molar-refractivity contribution in [2.45, 2.75) is 309 Å². The Labute approximate surface area is 412 Å². The Hall–Kier alpha value is -2.17. The second kappa shape index (κ2) is 57.1. The normalized spacial score (nSPS) is 13.3. The van der Waals surface area contributed by atoms with E-state index in [1.165, 1.54) is 218 Å². The molecule has 0 saturated heterocycles. The number of carbonyl (C=O) groups excluding carboxylic acids is 1. The summed E-state index contributed by atoms with van der Waals surface area (Å²) in [7, 11) is 0. The lowest BCUT2D eigenvalue weighted by Gasteiger charge is -2.19. The Bertz CT molecular complexity index is 1130. The van der Waals surface area contributed by atoms with Gasteiger partial charge < -0.3 is 15.5 Å². The van der Waals surface area contributed by atoms with Crippen LogP contribution in [-0.4, -0.2) is 34.9 Å². The highest BCUT2D eigenvalue weighted by molar-refractivity contribution is 5.76. The molecule has 4 nitrogen and oxygen atoms in total. The molecule has 2 atom stereocenters. The molecular weight excluding hydrogens is 807 g/mol. The van der Waals surface area contributed by atoms with Gasteiger partial charge >= 0.3 is 0 Å². The topological polar surface area (TPSA) is 69.6 Å². The lowest BCUT2D eigenvalue weighted by molar-refractivity contribution is -0.123. The summed E-state index contributed by atoms with van der Waals surface area (Å²) in [5.74, 6) is -0.0713. The Morgan fingerprint density at radius 1 is 0.379 bits per heavy atom. The summed E-state index contributed by atoms with van der Waals surface area (Å²) in [5.41, 5.74) is 0. The van der Waals surface area contributed by atoms with Gasteiger partial charge in [-0.15, -0.1) is 0 Å². The fraction of sp³-hybridized carbons (Fsp3) is 0.790. The summed E-state index contributed by atoms with van der Waals surface area (Å²) in [6, 6.07) is -0.642. The zero-order valence-corrected chi connectivity index (χ0v) is 44.2. The zero-order chi connectivity index (χ0) is 47.7. The summed E-state index contributed by atoms with van der Waals surface area (Å²) in [4.78, 5) is 12.5. The van der Waals surface area contributed by atoms with E-state index in [1.807, 2.05) is 6.08 Å². The number of nitrogens with one attached hydrogen (secondary N) is 1. The van der Waals surface area contributed by atoms with Crippen molar-refractivity contribution < 1.29 is 15.0 Å². The zero-order valence-electron chi connectivity index (χ0n) is 44.2. The van der Waals surface area contributed by atoms with E-state index in [9.17, 15) is 15.0 Å². The molecule has 0 saturated carbocycles. The van der Waals surface area contributed by atoms with Gasteiger partial charge in [-0.25, -0.2) is 0 Å². The molecule has 3 N–H and O–H groups in total. The van der Waals surface area contributed by atoms with Crippen LogP contribution in [0, 0.1) is 0 Å². The maximum absolute atomic E-state index is 12.5. The van der Waals surface area contributed by atoms with E-state index in [0.29, 0.717) is 6.42 Å². The summed E-state index contributed by atoms with van der Waals surface area (Å²) in [5, 5.41) is 23.2. The molecule has 0 aliphatic carbocycles. The highest BCUT2D eigenvalue weighted by Crippen LogP contribution is 2.17. The fourth-order valence-electron chi connectivity index (χ4n) is 8.78. The van der Waals surface area contributed by atoms with Gasteiger partial charge in [-0.1, -0.05) is 292 Å². The maximum Gasteiger partial charge on any atom is 0.220 e. The van der Waals surface area contributed by atoms with Crippen molar-refractivity contribution in [3.8, 4) is 0 Å². The third kappa shape index (κ3) is 52.8. The van der Waals surface area contributed by atoms with E-state index in [0.717, 1.165) is 57.8 Å². The highest BCUT2D eigenvalue weighted by atomic mass is 16.3. The van der Waals surface area contributed by atoms with E-state index in [4.69, 9.17) is 0 Å². The van der Waals surface area contributed by atoms with Crippen molar-refractivity contribution in [2.75, 3.05) is 6.61 Å². The number of hydrogen-bond acceptors (Lipinski definition) is 3. The van der Waals surface area contributed by atoms with Crippen LogP contribution < -0.4 is 5.32 Å². The molecule has 4 heteroatoms. The molecule has 0 aromatic rings. The third-order valence-corrected chi connectivity index (χ3v) is 13.2. The predicted molar refractivity (Wildman–Crippen MR) is 294 cm³/mol. The first kappa shape index (κ1) is 63.8. The van der Waals surface area contributed by atoms with Crippen LogP contribution in [0.4, 0.5) is 0 Å². The monoisotopic (exact) mass is 920 g/mol. The van der Waals surface area contributed by atoms with Gasteiger partial charge in [-0.2, -0.15) is 0 Å². The Morgan fingerprint density at radius 2 is 0.682 bits per heavy atom. The van der Waals surface area contributed by atoms with Gasteiger partial charge in [-0.05, 0) is 70.6 Å². The number of aliphatic hydroxyl groups excluding tert-OH is 2. The Morgan fingerprint density at radius 3 is 1.06 bits per heavy atom. The molecule has 0 aromatic heterocycles. The van der Waals surface area contributed by atoms with E-state index in [-0.39, 0.29) is 12.5 Å². The lowest BCUT2D eigenvalue weighted by atomic mass is 10.0. The average molecular weight is 921 g/mol. The minimum atomic E-state index is -0.865. The number of aliphatic hydroxyl groups is 2. The van der Waals surface area contributed by atoms with Gasteiger partial charge in [0.05, 0.1) is 18.8 Å². The van der Waals surface area contributed by atoms with Crippen molar-refractivity contribution in [2.24, 2.45) is 0 Å². The van der Waals surface area contributed by atoms with Gasteiger partial charge in [0, 0.05) is 6.42 Å².